The number of H-pyrrole nitrogens is 1. The number of amides is 1. The quantitative estimate of drug-likeness (QED) is 0.272. The number of esters is 1. The van der Waals surface area contributed by atoms with Crippen LogP contribution in [0.2, 0.25) is 0 Å². The first-order valence-electron chi connectivity index (χ1n) is 10.6. The summed E-state index contributed by atoms with van der Waals surface area (Å²) < 4.78 is 4.80. The maximum Gasteiger partial charge on any atom is 0.354 e. The predicted molar refractivity (Wildman–Crippen MR) is 123 cm³/mol. The molecule has 0 aliphatic carbocycles. The van der Waals surface area contributed by atoms with Crippen molar-refractivity contribution in [3.63, 3.8) is 0 Å². The van der Waals surface area contributed by atoms with Crippen molar-refractivity contribution in [3.8, 4) is 0 Å². The molecule has 1 aliphatic heterocycles. The largest absolute Gasteiger partial charge is 0.507 e. The molecule has 1 amide bonds. The Bertz CT molecular complexity index is 1050. The lowest BCUT2D eigenvalue weighted by Crippen LogP contribution is -2.37. The first-order valence-corrected chi connectivity index (χ1v) is 11.5. The summed E-state index contributed by atoms with van der Waals surface area (Å²) in [6.45, 7) is 10.1. The molecule has 0 bridgehead atoms. The summed E-state index contributed by atoms with van der Waals surface area (Å²) in [5, 5.41) is 13.2. The van der Waals surface area contributed by atoms with E-state index in [0.29, 0.717) is 29.9 Å². The molecule has 0 radical (unpaired) electrons. The van der Waals surface area contributed by atoms with Crippen LogP contribution in [0.5, 0.6) is 0 Å². The number of carbonyl (C=O) groups excluding carboxylic acids is 3. The van der Waals surface area contributed by atoms with Crippen LogP contribution in [0.4, 0.5) is 0 Å². The number of likely N-dealkylation sites (tertiary alicyclic amines) is 1. The van der Waals surface area contributed by atoms with Crippen molar-refractivity contribution in [2.24, 2.45) is 0 Å². The Kier molecular flexibility index (Phi) is 7.20. The van der Waals surface area contributed by atoms with Crippen molar-refractivity contribution < 1.29 is 24.2 Å². The summed E-state index contributed by atoms with van der Waals surface area (Å²) in [5.74, 6) is -2.20. The number of aromatic amines is 1. The van der Waals surface area contributed by atoms with Crippen molar-refractivity contribution in [1.29, 1.82) is 0 Å². The molecule has 8 nitrogen and oxygen atoms in total. The van der Waals surface area contributed by atoms with Gasteiger partial charge >= 0.3 is 5.97 Å². The minimum atomic E-state index is -0.722. The van der Waals surface area contributed by atoms with Gasteiger partial charge in [-0.05, 0) is 43.9 Å². The Morgan fingerprint density at radius 2 is 1.97 bits per heavy atom. The Morgan fingerprint density at radius 3 is 2.53 bits per heavy atom. The van der Waals surface area contributed by atoms with E-state index < -0.39 is 23.7 Å². The number of nitrogens with one attached hydrogen (secondary N) is 1. The molecule has 1 fully saturated rings. The van der Waals surface area contributed by atoms with Crippen LogP contribution in [0, 0.1) is 13.8 Å². The van der Waals surface area contributed by atoms with Gasteiger partial charge in [0.15, 0.2) is 0 Å². The number of methoxy groups -OCH3 is 1. The van der Waals surface area contributed by atoms with Crippen LogP contribution < -0.4 is 0 Å². The molecule has 0 unspecified atom stereocenters. The lowest BCUT2D eigenvalue weighted by molar-refractivity contribution is -0.140. The zero-order valence-corrected chi connectivity index (χ0v) is 19.8. The van der Waals surface area contributed by atoms with Gasteiger partial charge in [-0.2, -0.15) is 0 Å². The number of rotatable bonds is 8. The normalized spacial score (nSPS) is 18.1. The molecular formula is C23H29N3O5S. The maximum absolute atomic E-state index is 13.1. The third kappa shape index (κ3) is 4.10. The van der Waals surface area contributed by atoms with E-state index in [2.05, 4.69) is 9.88 Å². The lowest BCUT2D eigenvalue weighted by atomic mass is 9.97. The number of likely N-dealkylation sites (N-methyl/N-ethyl adjacent to an activating group) is 1. The molecule has 32 heavy (non-hydrogen) atoms. The topological polar surface area (TPSA) is 103 Å². The molecule has 2 aromatic rings. The van der Waals surface area contributed by atoms with Gasteiger partial charge in [-0.15, -0.1) is 11.3 Å². The maximum atomic E-state index is 13.1. The number of hydrogen-bond donors (Lipinski definition) is 2. The van der Waals surface area contributed by atoms with E-state index in [0.717, 1.165) is 18.0 Å². The van der Waals surface area contributed by atoms with Crippen LogP contribution in [0.3, 0.4) is 0 Å². The van der Waals surface area contributed by atoms with Crippen LogP contribution in [0.1, 0.15) is 52.1 Å². The third-order valence-electron chi connectivity index (χ3n) is 5.97. The number of ether oxygens (including phenoxy) is 1. The van der Waals surface area contributed by atoms with Crippen molar-refractivity contribution in [2.75, 3.05) is 33.3 Å². The van der Waals surface area contributed by atoms with Gasteiger partial charge < -0.3 is 24.6 Å². The van der Waals surface area contributed by atoms with Crippen molar-refractivity contribution >= 4 is 34.8 Å². The summed E-state index contributed by atoms with van der Waals surface area (Å²) in [5.41, 5.74) is 1.56. The molecule has 0 spiro atoms. The smallest absolute Gasteiger partial charge is 0.354 e. The van der Waals surface area contributed by atoms with Crippen LogP contribution in [-0.4, -0.2) is 70.8 Å². The molecule has 2 N–H and O–H groups in total. The van der Waals surface area contributed by atoms with Gasteiger partial charge in [0.1, 0.15) is 11.5 Å². The summed E-state index contributed by atoms with van der Waals surface area (Å²) in [4.78, 5) is 45.7. The molecule has 172 valence electrons. The van der Waals surface area contributed by atoms with Gasteiger partial charge in [0, 0.05) is 29.2 Å². The summed E-state index contributed by atoms with van der Waals surface area (Å²) in [6.07, 6.45) is 0. The van der Waals surface area contributed by atoms with Gasteiger partial charge in [-0.25, -0.2) is 4.79 Å². The Morgan fingerprint density at radius 1 is 1.28 bits per heavy atom. The number of nitrogens with zero attached hydrogens (tertiary/aromatic N) is 2. The van der Waals surface area contributed by atoms with Gasteiger partial charge in [0.2, 0.25) is 0 Å². The Labute approximate surface area is 191 Å². The number of aliphatic hydroxyl groups is 1. The van der Waals surface area contributed by atoms with Gasteiger partial charge in [0.25, 0.3) is 11.7 Å². The summed E-state index contributed by atoms with van der Waals surface area (Å²) >= 11 is 1.43. The van der Waals surface area contributed by atoms with E-state index in [9.17, 15) is 19.5 Å². The Balaban J connectivity index is 2.12. The highest BCUT2D eigenvalue weighted by atomic mass is 32.1. The van der Waals surface area contributed by atoms with Crippen molar-refractivity contribution in [3.05, 3.63) is 50.5 Å². The highest BCUT2D eigenvalue weighted by molar-refractivity contribution is 7.10. The molecule has 3 rings (SSSR count). The van der Waals surface area contributed by atoms with Crippen LogP contribution in [0.15, 0.2) is 23.1 Å². The Hall–Kier alpha value is -2.91. The number of carbonyl (C=O) groups is 3. The fourth-order valence-electron chi connectivity index (χ4n) is 4.19. The molecule has 1 saturated heterocycles. The lowest BCUT2D eigenvalue weighted by Gasteiger charge is -2.27. The first kappa shape index (κ1) is 23.7. The van der Waals surface area contributed by atoms with Gasteiger partial charge in [0.05, 0.1) is 18.7 Å². The van der Waals surface area contributed by atoms with E-state index in [1.807, 2.05) is 31.4 Å². The monoisotopic (exact) mass is 459 g/mol. The minimum absolute atomic E-state index is 0.0404. The first-order chi connectivity index (χ1) is 15.3. The SMILES string of the molecule is CCN(CC)CCN1C(=O)C(=O)/C(=C(/O)c2c(C)[nH]c(C(=O)OC)c2C)[C@@H]1c1cccs1. The number of aryl methyl sites for hydroxylation is 1. The number of aliphatic hydroxyl groups excluding tert-OH is 1. The van der Waals surface area contributed by atoms with E-state index in [4.69, 9.17) is 4.74 Å². The minimum Gasteiger partial charge on any atom is -0.507 e. The number of Topliss-reactive ketones (excluding diaryl/α,β-unsaturated/α-hetero) is 1. The third-order valence-corrected chi connectivity index (χ3v) is 6.89. The summed E-state index contributed by atoms with van der Waals surface area (Å²) in [7, 11) is 1.27. The molecular weight excluding hydrogens is 430 g/mol. The number of ketones is 1. The number of aromatic nitrogens is 1. The second kappa shape index (κ2) is 9.70. The second-order valence-electron chi connectivity index (χ2n) is 7.65. The van der Waals surface area contributed by atoms with Gasteiger partial charge in [-0.1, -0.05) is 19.9 Å². The number of hydrogen-bond acceptors (Lipinski definition) is 7. The molecule has 0 saturated carbocycles. The zero-order chi connectivity index (χ0) is 23.6. The highest BCUT2D eigenvalue weighted by Crippen LogP contribution is 2.42. The molecule has 2 aromatic heterocycles. The molecule has 9 heteroatoms. The van der Waals surface area contributed by atoms with Crippen LogP contribution >= 0.6 is 11.3 Å². The van der Waals surface area contributed by atoms with E-state index in [1.54, 1.807) is 13.8 Å². The second-order valence-corrected chi connectivity index (χ2v) is 8.63. The fourth-order valence-corrected chi connectivity index (χ4v) is 5.03. The van der Waals surface area contributed by atoms with Crippen LogP contribution in [0.25, 0.3) is 5.76 Å². The predicted octanol–water partition coefficient (Wildman–Crippen LogP) is 3.24. The molecule has 1 aliphatic rings. The highest BCUT2D eigenvalue weighted by Gasteiger charge is 2.47. The van der Waals surface area contributed by atoms with Crippen molar-refractivity contribution in [2.45, 2.75) is 33.7 Å². The average Bonchev–Trinajstić information content (AvgIpc) is 3.47. The zero-order valence-electron chi connectivity index (χ0n) is 19.0. The molecule has 1 atom stereocenters. The van der Waals surface area contributed by atoms with Crippen molar-refractivity contribution in [1.82, 2.24) is 14.8 Å². The fraction of sp³-hybridized carbons (Fsp3) is 0.435. The van der Waals surface area contributed by atoms with Gasteiger partial charge in [-0.3, -0.25) is 9.59 Å². The number of thiophene rings is 1. The average molecular weight is 460 g/mol. The van der Waals surface area contributed by atoms with E-state index in [1.165, 1.54) is 23.3 Å². The molecule has 0 aromatic carbocycles. The van der Waals surface area contributed by atoms with E-state index >= 15 is 0 Å². The summed E-state index contributed by atoms with van der Waals surface area (Å²) in [6, 6.07) is 3.03. The van der Waals surface area contributed by atoms with Crippen LogP contribution in [-0.2, 0) is 14.3 Å². The molecule has 3 heterocycles. The van der Waals surface area contributed by atoms with E-state index in [-0.39, 0.29) is 17.0 Å². The standard InChI is InChI=1S/C23H29N3O5S/c1-6-25(7-2)10-11-26-19(15-9-8-12-32-15)17(21(28)22(26)29)20(27)16-13(3)18(23(30)31-5)24-14(16)4/h8-9,12,19,24,27H,6-7,10-11H2,1-5H3/b20-17+/t19-/m0/s1.